The number of fused-ring (bicyclic) bond motifs is 1. The lowest BCUT2D eigenvalue weighted by molar-refractivity contribution is -0.144. The Labute approximate surface area is 164 Å². The number of hydrogen-bond acceptors (Lipinski definition) is 7. The van der Waals surface area contributed by atoms with Crippen molar-refractivity contribution in [1.82, 2.24) is 10.3 Å². The van der Waals surface area contributed by atoms with E-state index >= 15 is 0 Å². The summed E-state index contributed by atoms with van der Waals surface area (Å²) in [5, 5.41) is 5.43. The van der Waals surface area contributed by atoms with Gasteiger partial charge in [0.15, 0.2) is 12.2 Å². The predicted molar refractivity (Wildman–Crippen MR) is 104 cm³/mol. The highest BCUT2D eigenvalue weighted by molar-refractivity contribution is 7.99. The van der Waals surface area contributed by atoms with Crippen LogP contribution in [0.25, 0.3) is 11.1 Å². The first-order valence-corrected chi connectivity index (χ1v) is 9.29. The summed E-state index contributed by atoms with van der Waals surface area (Å²) in [7, 11) is 1.52. The minimum Gasteiger partial charge on any atom is -0.455 e. The van der Waals surface area contributed by atoms with Gasteiger partial charge in [0.1, 0.15) is 11.3 Å². The van der Waals surface area contributed by atoms with E-state index in [0.717, 1.165) is 11.8 Å². The smallest absolute Gasteiger partial charge is 0.316 e. The van der Waals surface area contributed by atoms with Gasteiger partial charge in [0, 0.05) is 18.3 Å². The van der Waals surface area contributed by atoms with Crippen LogP contribution in [0, 0.1) is 0 Å². The van der Waals surface area contributed by atoms with Gasteiger partial charge in [0.05, 0.1) is 0 Å². The van der Waals surface area contributed by atoms with E-state index in [4.69, 9.17) is 9.15 Å². The van der Waals surface area contributed by atoms with Crippen LogP contribution in [-0.2, 0) is 14.3 Å². The molecule has 0 atom stereocenters. The summed E-state index contributed by atoms with van der Waals surface area (Å²) in [6.45, 7) is -0.433. The van der Waals surface area contributed by atoms with Gasteiger partial charge in [0.25, 0.3) is 17.0 Å². The van der Waals surface area contributed by atoms with Crippen molar-refractivity contribution in [3.63, 3.8) is 0 Å². The Bertz CT molecular complexity index is 984. The molecule has 0 spiro atoms. The summed E-state index contributed by atoms with van der Waals surface area (Å²) < 4.78 is 10.4. The molecule has 0 unspecified atom stereocenters. The number of hydrogen-bond donors (Lipinski definition) is 2. The summed E-state index contributed by atoms with van der Waals surface area (Å²) in [6, 6.07) is 13.7. The molecule has 3 aromatic rings. The van der Waals surface area contributed by atoms with Crippen LogP contribution in [0.4, 0.5) is 5.69 Å². The van der Waals surface area contributed by atoms with Crippen molar-refractivity contribution >= 4 is 46.3 Å². The largest absolute Gasteiger partial charge is 0.455 e. The number of oxazole rings is 1. The van der Waals surface area contributed by atoms with Crippen LogP contribution in [-0.4, -0.2) is 42.2 Å². The zero-order valence-corrected chi connectivity index (χ0v) is 15.7. The van der Waals surface area contributed by atoms with Crippen molar-refractivity contribution in [3.05, 3.63) is 54.1 Å². The minimum atomic E-state index is -0.568. The van der Waals surface area contributed by atoms with E-state index in [1.165, 1.54) is 13.1 Å². The number of nitrogens with one attached hydrogen (secondary N) is 2. The summed E-state index contributed by atoms with van der Waals surface area (Å²) in [4.78, 5) is 39.6. The standard InChI is InChI=1S/C19H17N3O5S/c1-20-18(25)12-5-4-6-13(9-12)21-16(23)10-26-17(24)11-28-19-22-14-7-2-3-8-15(14)27-19/h2-9H,10-11H2,1H3,(H,20,25)(H,21,23). The molecule has 1 aromatic heterocycles. The van der Waals surface area contributed by atoms with Crippen LogP contribution >= 0.6 is 11.8 Å². The molecule has 0 fully saturated rings. The summed E-state index contributed by atoms with van der Waals surface area (Å²) in [5.41, 5.74) is 2.18. The topological polar surface area (TPSA) is 111 Å². The van der Waals surface area contributed by atoms with Crippen LogP contribution < -0.4 is 10.6 Å². The SMILES string of the molecule is CNC(=O)c1cccc(NC(=O)COC(=O)CSc2nc3ccccc3o2)c1. The van der Waals surface area contributed by atoms with Gasteiger partial charge in [-0.3, -0.25) is 14.4 Å². The van der Waals surface area contributed by atoms with Gasteiger partial charge in [-0.25, -0.2) is 4.98 Å². The Morgan fingerprint density at radius 2 is 1.96 bits per heavy atom. The Hall–Kier alpha value is -3.33. The fourth-order valence-corrected chi connectivity index (χ4v) is 2.94. The summed E-state index contributed by atoms with van der Waals surface area (Å²) in [5.74, 6) is -1.37. The second-order valence-corrected chi connectivity index (χ2v) is 6.53. The number of rotatable bonds is 7. The van der Waals surface area contributed by atoms with Crippen LogP contribution in [0.2, 0.25) is 0 Å². The lowest BCUT2D eigenvalue weighted by Crippen LogP contribution is -2.22. The van der Waals surface area contributed by atoms with E-state index in [1.54, 1.807) is 24.3 Å². The molecular weight excluding hydrogens is 382 g/mol. The second kappa shape index (κ2) is 9.05. The molecule has 0 saturated heterocycles. The molecule has 144 valence electrons. The van der Waals surface area contributed by atoms with E-state index in [1.807, 2.05) is 18.2 Å². The molecule has 3 rings (SSSR count). The lowest BCUT2D eigenvalue weighted by Gasteiger charge is -2.07. The first-order valence-electron chi connectivity index (χ1n) is 8.31. The molecule has 8 nitrogen and oxygen atoms in total. The molecule has 0 aliphatic carbocycles. The third-order valence-electron chi connectivity index (χ3n) is 3.59. The van der Waals surface area contributed by atoms with Crippen molar-refractivity contribution < 1.29 is 23.5 Å². The molecule has 0 aliphatic heterocycles. The van der Waals surface area contributed by atoms with E-state index in [2.05, 4.69) is 15.6 Å². The zero-order chi connectivity index (χ0) is 19.9. The molecule has 9 heteroatoms. The molecule has 28 heavy (non-hydrogen) atoms. The average Bonchev–Trinajstić information content (AvgIpc) is 3.13. The first kappa shape index (κ1) is 19.4. The van der Waals surface area contributed by atoms with Gasteiger partial charge < -0.3 is 19.8 Å². The third kappa shape index (κ3) is 5.10. The number of ether oxygens (including phenoxy) is 1. The van der Waals surface area contributed by atoms with Crippen molar-refractivity contribution in [2.45, 2.75) is 5.22 Å². The van der Waals surface area contributed by atoms with Gasteiger partial charge in [-0.2, -0.15) is 0 Å². The van der Waals surface area contributed by atoms with E-state index in [-0.39, 0.29) is 11.7 Å². The molecular formula is C19H17N3O5S. The fourth-order valence-electron chi connectivity index (χ4n) is 2.30. The molecule has 0 saturated carbocycles. The second-order valence-electron chi connectivity index (χ2n) is 5.60. The lowest BCUT2D eigenvalue weighted by atomic mass is 10.2. The molecule has 2 aromatic carbocycles. The Kier molecular flexibility index (Phi) is 6.28. The van der Waals surface area contributed by atoms with Crippen LogP contribution in [0.3, 0.4) is 0 Å². The maximum Gasteiger partial charge on any atom is 0.316 e. The number of para-hydroxylation sites is 2. The average molecular weight is 399 g/mol. The molecule has 2 N–H and O–H groups in total. The normalized spacial score (nSPS) is 10.5. The predicted octanol–water partition coefficient (Wildman–Crippen LogP) is 2.46. The highest BCUT2D eigenvalue weighted by Crippen LogP contribution is 2.23. The van der Waals surface area contributed by atoms with E-state index < -0.39 is 18.5 Å². The first-order chi connectivity index (χ1) is 13.5. The van der Waals surface area contributed by atoms with Gasteiger partial charge in [-0.15, -0.1) is 0 Å². The number of carbonyl (C=O) groups excluding carboxylic acids is 3. The maximum atomic E-state index is 11.9. The van der Waals surface area contributed by atoms with Crippen molar-refractivity contribution in [2.24, 2.45) is 0 Å². The molecule has 0 radical (unpaired) electrons. The van der Waals surface area contributed by atoms with Crippen molar-refractivity contribution in [3.8, 4) is 0 Å². The number of amides is 2. The highest BCUT2D eigenvalue weighted by Gasteiger charge is 2.12. The number of nitrogens with zero attached hydrogens (tertiary/aromatic N) is 1. The Morgan fingerprint density at radius 3 is 2.75 bits per heavy atom. The number of carbonyl (C=O) groups is 3. The quantitative estimate of drug-likeness (QED) is 0.464. The van der Waals surface area contributed by atoms with Crippen molar-refractivity contribution in [2.75, 3.05) is 24.7 Å². The third-order valence-corrected chi connectivity index (χ3v) is 4.39. The van der Waals surface area contributed by atoms with Gasteiger partial charge in [-0.05, 0) is 30.3 Å². The number of benzene rings is 2. The zero-order valence-electron chi connectivity index (χ0n) is 14.9. The number of esters is 1. The fraction of sp³-hybridized carbons (Fsp3) is 0.158. The summed E-state index contributed by atoms with van der Waals surface area (Å²) >= 11 is 1.09. The minimum absolute atomic E-state index is 0.0355. The molecule has 1 heterocycles. The van der Waals surface area contributed by atoms with Gasteiger partial charge >= 0.3 is 5.97 Å². The Balaban J connectivity index is 1.45. The van der Waals surface area contributed by atoms with Gasteiger partial charge in [0.2, 0.25) is 0 Å². The summed E-state index contributed by atoms with van der Waals surface area (Å²) in [6.07, 6.45) is 0. The number of aromatic nitrogens is 1. The maximum absolute atomic E-state index is 11.9. The van der Waals surface area contributed by atoms with E-state index in [0.29, 0.717) is 27.6 Å². The van der Waals surface area contributed by atoms with E-state index in [9.17, 15) is 14.4 Å². The van der Waals surface area contributed by atoms with Gasteiger partial charge in [-0.1, -0.05) is 30.0 Å². The molecule has 0 aliphatic rings. The van der Waals surface area contributed by atoms with Crippen LogP contribution in [0.1, 0.15) is 10.4 Å². The monoisotopic (exact) mass is 399 g/mol. The van der Waals surface area contributed by atoms with Crippen LogP contribution in [0.5, 0.6) is 0 Å². The molecule has 2 amide bonds. The van der Waals surface area contributed by atoms with Crippen LogP contribution in [0.15, 0.2) is 58.2 Å². The highest BCUT2D eigenvalue weighted by atomic mass is 32.2. The number of anilines is 1. The number of thioether (sulfide) groups is 1. The van der Waals surface area contributed by atoms with Crippen molar-refractivity contribution in [1.29, 1.82) is 0 Å². The Morgan fingerprint density at radius 1 is 1.14 bits per heavy atom. The molecule has 0 bridgehead atoms.